The zero-order valence-electron chi connectivity index (χ0n) is 11.4. The quantitative estimate of drug-likeness (QED) is 0.749. The first-order valence-corrected chi connectivity index (χ1v) is 7.53. The maximum absolute atomic E-state index is 12.2. The molecular formula is C14H27N3O. The molecule has 2 aliphatic heterocycles. The number of hydrogen-bond donors (Lipinski definition) is 1. The molecule has 4 heteroatoms. The Kier molecular flexibility index (Phi) is 5.45. The van der Waals surface area contributed by atoms with Crippen LogP contribution in [0, 0.1) is 0 Å². The molecule has 1 unspecified atom stereocenters. The van der Waals surface area contributed by atoms with Crippen LogP contribution in [-0.2, 0) is 4.79 Å². The van der Waals surface area contributed by atoms with Crippen molar-refractivity contribution in [3.8, 4) is 0 Å². The first kappa shape index (κ1) is 13.8. The van der Waals surface area contributed by atoms with Crippen LogP contribution < -0.4 is 5.73 Å². The van der Waals surface area contributed by atoms with E-state index in [9.17, 15) is 4.79 Å². The largest absolute Gasteiger partial charge is 0.341 e. The molecule has 2 saturated heterocycles. The molecule has 0 radical (unpaired) electrons. The SMILES string of the molecule is NCCCCCC(=O)N1CCCN2CCCC2C1. The highest BCUT2D eigenvalue weighted by Crippen LogP contribution is 2.21. The fraction of sp³-hybridized carbons (Fsp3) is 0.929. The minimum absolute atomic E-state index is 0.362. The van der Waals surface area contributed by atoms with Gasteiger partial charge in [-0.05, 0) is 45.2 Å². The van der Waals surface area contributed by atoms with Gasteiger partial charge in [-0.3, -0.25) is 9.69 Å². The van der Waals surface area contributed by atoms with Crippen molar-refractivity contribution < 1.29 is 4.79 Å². The molecule has 0 saturated carbocycles. The number of carbonyl (C=O) groups is 1. The lowest BCUT2D eigenvalue weighted by molar-refractivity contribution is -0.131. The first-order valence-electron chi connectivity index (χ1n) is 7.53. The Hall–Kier alpha value is -0.610. The average molecular weight is 253 g/mol. The lowest BCUT2D eigenvalue weighted by Gasteiger charge is -2.25. The van der Waals surface area contributed by atoms with E-state index in [-0.39, 0.29) is 0 Å². The summed E-state index contributed by atoms with van der Waals surface area (Å²) in [6.45, 7) is 5.10. The summed E-state index contributed by atoms with van der Waals surface area (Å²) >= 11 is 0. The fourth-order valence-electron chi connectivity index (χ4n) is 3.19. The zero-order chi connectivity index (χ0) is 12.8. The Labute approximate surface area is 110 Å². The molecule has 2 heterocycles. The van der Waals surface area contributed by atoms with E-state index in [1.165, 1.54) is 25.9 Å². The van der Waals surface area contributed by atoms with Gasteiger partial charge in [0, 0.05) is 32.1 Å². The van der Waals surface area contributed by atoms with Crippen molar-refractivity contribution in [2.24, 2.45) is 5.73 Å². The van der Waals surface area contributed by atoms with Gasteiger partial charge in [-0.15, -0.1) is 0 Å². The first-order chi connectivity index (χ1) is 8.81. The highest BCUT2D eigenvalue weighted by molar-refractivity contribution is 5.76. The van der Waals surface area contributed by atoms with Crippen molar-refractivity contribution in [2.75, 3.05) is 32.7 Å². The van der Waals surface area contributed by atoms with Crippen LogP contribution in [0.3, 0.4) is 0 Å². The Morgan fingerprint density at radius 2 is 1.94 bits per heavy atom. The summed E-state index contributed by atoms with van der Waals surface area (Å²) in [5.74, 6) is 0.362. The van der Waals surface area contributed by atoms with Gasteiger partial charge in [0.1, 0.15) is 0 Å². The second-order valence-electron chi connectivity index (χ2n) is 5.62. The standard InChI is InChI=1S/C14H27N3O/c15-8-3-1-2-7-14(18)17-11-5-10-16-9-4-6-13(16)12-17/h13H,1-12,15H2. The van der Waals surface area contributed by atoms with E-state index in [0.29, 0.717) is 18.4 Å². The summed E-state index contributed by atoms with van der Waals surface area (Å²) in [5, 5.41) is 0. The molecule has 2 fully saturated rings. The van der Waals surface area contributed by atoms with E-state index < -0.39 is 0 Å². The molecule has 18 heavy (non-hydrogen) atoms. The average Bonchev–Trinajstić information content (AvgIpc) is 2.71. The Morgan fingerprint density at radius 3 is 2.78 bits per heavy atom. The van der Waals surface area contributed by atoms with Crippen LogP contribution in [0.25, 0.3) is 0 Å². The number of amides is 1. The van der Waals surface area contributed by atoms with E-state index in [1.54, 1.807) is 0 Å². The van der Waals surface area contributed by atoms with E-state index in [4.69, 9.17) is 5.73 Å². The number of rotatable bonds is 5. The van der Waals surface area contributed by atoms with Gasteiger partial charge < -0.3 is 10.6 Å². The lowest BCUT2D eigenvalue weighted by Crippen LogP contribution is -2.39. The number of unbranched alkanes of at least 4 members (excludes halogenated alkanes) is 2. The summed E-state index contributed by atoms with van der Waals surface area (Å²) in [4.78, 5) is 16.9. The smallest absolute Gasteiger partial charge is 0.222 e. The molecule has 1 atom stereocenters. The van der Waals surface area contributed by atoms with Crippen LogP contribution in [0.1, 0.15) is 44.9 Å². The Morgan fingerprint density at radius 1 is 1.11 bits per heavy atom. The van der Waals surface area contributed by atoms with E-state index in [0.717, 1.165) is 45.3 Å². The van der Waals surface area contributed by atoms with E-state index in [2.05, 4.69) is 9.80 Å². The van der Waals surface area contributed by atoms with Crippen LogP contribution >= 0.6 is 0 Å². The summed E-state index contributed by atoms with van der Waals surface area (Å²) in [6.07, 6.45) is 7.58. The zero-order valence-corrected chi connectivity index (χ0v) is 11.4. The van der Waals surface area contributed by atoms with Crippen LogP contribution in [0.4, 0.5) is 0 Å². The number of hydrogen-bond acceptors (Lipinski definition) is 3. The molecule has 2 N–H and O–H groups in total. The summed E-state index contributed by atoms with van der Waals surface area (Å²) in [6, 6.07) is 0.639. The normalized spacial score (nSPS) is 24.9. The van der Waals surface area contributed by atoms with Crippen LogP contribution in [0.15, 0.2) is 0 Å². The van der Waals surface area contributed by atoms with Gasteiger partial charge in [0.15, 0.2) is 0 Å². The molecule has 0 aromatic rings. The van der Waals surface area contributed by atoms with Crippen LogP contribution in [0.5, 0.6) is 0 Å². The van der Waals surface area contributed by atoms with Crippen molar-refractivity contribution in [1.29, 1.82) is 0 Å². The number of carbonyl (C=O) groups excluding carboxylic acids is 1. The molecule has 2 rings (SSSR count). The van der Waals surface area contributed by atoms with Crippen molar-refractivity contribution in [1.82, 2.24) is 9.80 Å². The molecule has 104 valence electrons. The summed E-state index contributed by atoms with van der Waals surface area (Å²) in [5.41, 5.74) is 5.47. The predicted molar refractivity (Wildman–Crippen MR) is 73.3 cm³/mol. The van der Waals surface area contributed by atoms with Crippen molar-refractivity contribution in [2.45, 2.75) is 51.0 Å². The Balaban J connectivity index is 1.75. The molecule has 1 amide bonds. The van der Waals surface area contributed by atoms with Gasteiger partial charge in [0.25, 0.3) is 0 Å². The molecule has 4 nitrogen and oxygen atoms in total. The molecule has 0 bridgehead atoms. The fourth-order valence-corrected chi connectivity index (χ4v) is 3.19. The molecule has 0 aromatic carbocycles. The van der Waals surface area contributed by atoms with E-state index >= 15 is 0 Å². The van der Waals surface area contributed by atoms with Crippen LogP contribution in [-0.4, -0.2) is 54.5 Å². The Bertz CT molecular complexity index is 270. The predicted octanol–water partition coefficient (Wildman–Crippen LogP) is 1.20. The second kappa shape index (κ2) is 7.10. The molecule has 0 aliphatic carbocycles. The van der Waals surface area contributed by atoms with Crippen molar-refractivity contribution in [3.63, 3.8) is 0 Å². The van der Waals surface area contributed by atoms with Crippen molar-refractivity contribution >= 4 is 5.91 Å². The van der Waals surface area contributed by atoms with Crippen molar-refractivity contribution in [3.05, 3.63) is 0 Å². The van der Waals surface area contributed by atoms with Gasteiger partial charge in [-0.1, -0.05) is 6.42 Å². The summed E-state index contributed by atoms with van der Waals surface area (Å²) in [7, 11) is 0. The van der Waals surface area contributed by atoms with Crippen LogP contribution in [0.2, 0.25) is 0 Å². The maximum atomic E-state index is 12.2. The van der Waals surface area contributed by atoms with Gasteiger partial charge in [-0.25, -0.2) is 0 Å². The van der Waals surface area contributed by atoms with Gasteiger partial charge in [0.05, 0.1) is 0 Å². The van der Waals surface area contributed by atoms with Gasteiger partial charge >= 0.3 is 0 Å². The molecule has 2 aliphatic rings. The molecule has 0 spiro atoms. The number of fused-ring (bicyclic) bond motifs is 1. The topological polar surface area (TPSA) is 49.6 Å². The minimum atomic E-state index is 0.362. The molecular weight excluding hydrogens is 226 g/mol. The molecule has 0 aromatic heterocycles. The third kappa shape index (κ3) is 3.69. The highest BCUT2D eigenvalue weighted by atomic mass is 16.2. The minimum Gasteiger partial charge on any atom is -0.341 e. The van der Waals surface area contributed by atoms with Gasteiger partial charge in [-0.2, -0.15) is 0 Å². The van der Waals surface area contributed by atoms with Gasteiger partial charge in [0.2, 0.25) is 5.91 Å². The monoisotopic (exact) mass is 253 g/mol. The number of nitrogens with zero attached hydrogens (tertiary/aromatic N) is 2. The second-order valence-corrected chi connectivity index (χ2v) is 5.62. The van der Waals surface area contributed by atoms with E-state index in [1.807, 2.05) is 0 Å². The maximum Gasteiger partial charge on any atom is 0.222 e. The third-order valence-corrected chi connectivity index (χ3v) is 4.25. The lowest BCUT2D eigenvalue weighted by atomic mass is 10.1. The number of nitrogens with two attached hydrogens (primary N) is 1. The highest BCUT2D eigenvalue weighted by Gasteiger charge is 2.30. The summed E-state index contributed by atoms with van der Waals surface area (Å²) < 4.78 is 0. The third-order valence-electron chi connectivity index (χ3n) is 4.25.